The van der Waals surface area contributed by atoms with Crippen molar-refractivity contribution >= 4 is 5.78 Å². The predicted octanol–water partition coefficient (Wildman–Crippen LogP) is 2.46. The summed E-state index contributed by atoms with van der Waals surface area (Å²) in [5.41, 5.74) is 2.60. The number of ketones is 1. The highest BCUT2D eigenvalue weighted by Crippen LogP contribution is 2.38. The summed E-state index contributed by atoms with van der Waals surface area (Å²) in [4.78, 5) is 22.6. The maximum absolute atomic E-state index is 12.3. The standard InChI is InChI=1S/C17H19N3O2/c1-10(20-8-4-5-9-20)17-18-13-11-6-2-3-7-12(11)15(21)16(22)14(13)19-17/h2-3,6-7,10,16,22H,4-5,8-9H2,1H3,(H,18,19)/t10-,16?/m1/s1. The van der Waals surface area contributed by atoms with Crippen molar-refractivity contribution in [3.63, 3.8) is 0 Å². The van der Waals surface area contributed by atoms with Gasteiger partial charge in [0, 0.05) is 11.1 Å². The summed E-state index contributed by atoms with van der Waals surface area (Å²) in [6, 6.07) is 7.52. The van der Waals surface area contributed by atoms with E-state index >= 15 is 0 Å². The fraction of sp³-hybridized carbons (Fsp3) is 0.412. The molecule has 1 unspecified atom stereocenters. The number of aliphatic hydroxyl groups excluding tert-OH is 1. The summed E-state index contributed by atoms with van der Waals surface area (Å²) < 4.78 is 0. The summed E-state index contributed by atoms with van der Waals surface area (Å²) >= 11 is 0. The van der Waals surface area contributed by atoms with Crippen LogP contribution in [0.2, 0.25) is 0 Å². The number of aromatic nitrogens is 2. The number of nitrogens with zero attached hydrogens (tertiary/aromatic N) is 2. The van der Waals surface area contributed by atoms with Crippen LogP contribution < -0.4 is 0 Å². The minimum atomic E-state index is -1.14. The van der Waals surface area contributed by atoms with Crippen molar-refractivity contribution < 1.29 is 9.90 Å². The molecule has 1 fully saturated rings. The predicted molar refractivity (Wildman–Crippen MR) is 82.5 cm³/mol. The van der Waals surface area contributed by atoms with Crippen molar-refractivity contribution in [1.29, 1.82) is 0 Å². The Morgan fingerprint density at radius 2 is 1.95 bits per heavy atom. The van der Waals surface area contributed by atoms with Gasteiger partial charge in [-0.2, -0.15) is 0 Å². The number of carbonyl (C=O) groups excluding carboxylic acids is 1. The molecule has 0 radical (unpaired) electrons. The maximum Gasteiger partial charge on any atom is 0.198 e. The number of rotatable bonds is 2. The molecule has 4 rings (SSSR count). The topological polar surface area (TPSA) is 69.2 Å². The van der Waals surface area contributed by atoms with Gasteiger partial charge in [0.15, 0.2) is 11.9 Å². The Labute approximate surface area is 129 Å². The molecule has 0 saturated carbocycles. The van der Waals surface area contributed by atoms with E-state index in [9.17, 15) is 9.90 Å². The van der Waals surface area contributed by atoms with Crippen molar-refractivity contribution in [3.8, 4) is 11.3 Å². The maximum atomic E-state index is 12.3. The number of benzene rings is 1. The first-order chi connectivity index (χ1) is 10.7. The largest absolute Gasteiger partial charge is 0.379 e. The third kappa shape index (κ3) is 1.93. The van der Waals surface area contributed by atoms with Gasteiger partial charge in [-0.1, -0.05) is 24.3 Å². The highest BCUT2D eigenvalue weighted by molar-refractivity contribution is 6.08. The van der Waals surface area contributed by atoms with Crippen LogP contribution in [0, 0.1) is 0 Å². The van der Waals surface area contributed by atoms with E-state index in [0.717, 1.165) is 24.5 Å². The van der Waals surface area contributed by atoms with Crippen LogP contribution in [0.3, 0.4) is 0 Å². The Hall–Kier alpha value is -1.98. The second-order valence-corrected chi connectivity index (χ2v) is 6.12. The number of fused-ring (bicyclic) bond motifs is 3. The molecule has 2 aliphatic rings. The van der Waals surface area contributed by atoms with Gasteiger partial charge in [0.2, 0.25) is 0 Å². The van der Waals surface area contributed by atoms with Crippen LogP contribution in [0.4, 0.5) is 0 Å². The fourth-order valence-corrected chi connectivity index (χ4v) is 3.49. The average molecular weight is 297 g/mol. The number of nitrogens with one attached hydrogen (secondary N) is 1. The lowest BCUT2D eigenvalue weighted by Crippen LogP contribution is -2.24. The lowest BCUT2D eigenvalue weighted by atomic mass is 9.89. The number of hydrogen-bond donors (Lipinski definition) is 2. The van der Waals surface area contributed by atoms with Crippen molar-refractivity contribution in [1.82, 2.24) is 14.9 Å². The molecule has 2 aromatic rings. The first-order valence-electron chi connectivity index (χ1n) is 7.82. The molecular formula is C17H19N3O2. The van der Waals surface area contributed by atoms with Crippen LogP contribution in [-0.4, -0.2) is 38.8 Å². The summed E-state index contributed by atoms with van der Waals surface area (Å²) in [6.45, 7) is 4.27. The Morgan fingerprint density at radius 1 is 1.27 bits per heavy atom. The molecule has 1 aromatic heterocycles. The summed E-state index contributed by atoms with van der Waals surface area (Å²) in [5.74, 6) is 0.572. The van der Waals surface area contributed by atoms with Gasteiger partial charge < -0.3 is 10.1 Å². The number of H-pyrrole nitrogens is 1. The molecule has 1 aromatic carbocycles. The second kappa shape index (κ2) is 5.04. The molecule has 5 heteroatoms. The fourth-order valence-electron chi connectivity index (χ4n) is 3.49. The molecule has 0 spiro atoms. The number of hydrogen-bond acceptors (Lipinski definition) is 4. The summed E-state index contributed by atoms with van der Waals surface area (Å²) in [6.07, 6.45) is 1.29. The van der Waals surface area contributed by atoms with Crippen molar-refractivity contribution in [2.75, 3.05) is 13.1 Å². The Bertz CT molecular complexity index is 731. The number of aromatic amines is 1. The van der Waals surface area contributed by atoms with Crippen molar-refractivity contribution in [2.45, 2.75) is 31.9 Å². The highest BCUT2D eigenvalue weighted by atomic mass is 16.3. The molecule has 114 valence electrons. The van der Waals surface area contributed by atoms with E-state index in [-0.39, 0.29) is 11.8 Å². The van der Waals surface area contributed by atoms with E-state index < -0.39 is 6.10 Å². The van der Waals surface area contributed by atoms with E-state index in [0.29, 0.717) is 17.0 Å². The number of likely N-dealkylation sites (tertiary alicyclic amines) is 1. The molecule has 22 heavy (non-hydrogen) atoms. The van der Waals surface area contributed by atoms with Crippen LogP contribution in [0.1, 0.15) is 53.8 Å². The van der Waals surface area contributed by atoms with E-state index in [1.54, 1.807) is 6.07 Å². The van der Waals surface area contributed by atoms with Gasteiger partial charge in [-0.25, -0.2) is 4.98 Å². The van der Waals surface area contributed by atoms with Gasteiger partial charge in [-0.15, -0.1) is 0 Å². The Morgan fingerprint density at radius 3 is 2.68 bits per heavy atom. The quantitative estimate of drug-likeness (QED) is 0.893. The zero-order valence-corrected chi connectivity index (χ0v) is 12.5. The minimum absolute atomic E-state index is 0.169. The SMILES string of the molecule is C[C@H](c1nc2c([nH]1)C(O)C(=O)c1ccccc1-2)N1CCCC1. The monoisotopic (exact) mass is 297 g/mol. The number of carbonyl (C=O) groups is 1. The molecule has 2 atom stereocenters. The smallest absolute Gasteiger partial charge is 0.198 e. The Balaban J connectivity index is 1.79. The minimum Gasteiger partial charge on any atom is -0.379 e. The van der Waals surface area contributed by atoms with E-state index in [1.807, 2.05) is 18.2 Å². The molecule has 1 saturated heterocycles. The van der Waals surface area contributed by atoms with Crippen LogP contribution in [0.25, 0.3) is 11.3 Å². The third-order valence-electron chi connectivity index (χ3n) is 4.80. The molecule has 0 bridgehead atoms. The normalized spacial score (nSPS) is 22.5. The van der Waals surface area contributed by atoms with Gasteiger partial charge in [0.25, 0.3) is 0 Å². The van der Waals surface area contributed by atoms with Crippen LogP contribution in [0.15, 0.2) is 24.3 Å². The van der Waals surface area contributed by atoms with Crippen molar-refractivity contribution in [2.24, 2.45) is 0 Å². The highest BCUT2D eigenvalue weighted by Gasteiger charge is 2.34. The number of imidazole rings is 1. The summed E-state index contributed by atoms with van der Waals surface area (Å²) in [7, 11) is 0. The van der Waals surface area contributed by atoms with Gasteiger partial charge in [0.1, 0.15) is 5.82 Å². The van der Waals surface area contributed by atoms with E-state index in [4.69, 9.17) is 4.98 Å². The lowest BCUT2D eigenvalue weighted by molar-refractivity contribution is 0.0736. The molecule has 1 aliphatic heterocycles. The molecule has 2 heterocycles. The van der Waals surface area contributed by atoms with Crippen molar-refractivity contribution in [3.05, 3.63) is 41.3 Å². The molecule has 5 nitrogen and oxygen atoms in total. The van der Waals surface area contributed by atoms with Crippen LogP contribution >= 0.6 is 0 Å². The second-order valence-electron chi connectivity index (χ2n) is 6.12. The third-order valence-corrected chi connectivity index (χ3v) is 4.80. The number of Topliss-reactive ketones (excluding diaryl/α,β-unsaturated/α-hetero) is 1. The average Bonchev–Trinajstić information content (AvgIpc) is 3.21. The zero-order chi connectivity index (χ0) is 15.3. The van der Waals surface area contributed by atoms with Gasteiger partial charge in [-0.3, -0.25) is 9.69 Å². The van der Waals surface area contributed by atoms with Gasteiger partial charge in [-0.05, 0) is 32.9 Å². The Kier molecular flexibility index (Phi) is 3.13. The molecular weight excluding hydrogens is 278 g/mol. The first-order valence-corrected chi connectivity index (χ1v) is 7.82. The summed E-state index contributed by atoms with van der Waals surface area (Å²) in [5, 5.41) is 10.3. The first kappa shape index (κ1) is 13.7. The van der Waals surface area contributed by atoms with Crippen LogP contribution in [0.5, 0.6) is 0 Å². The van der Waals surface area contributed by atoms with E-state index in [1.165, 1.54) is 12.8 Å². The zero-order valence-electron chi connectivity index (χ0n) is 12.5. The molecule has 0 amide bonds. The van der Waals surface area contributed by atoms with E-state index in [2.05, 4.69) is 16.8 Å². The lowest BCUT2D eigenvalue weighted by Gasteiger charge is -2.21. The molecule has 1 aliphatic carbocycles. The van der Waals surface area contributed by atoms with Gasteiger partial charge >= 0.3 is 0 Å². The number of aliphatic hydroxyl groups is 1. The van der Waals surface area contributed by atoms with Gasteiger partial charge in [0.05, 0.1) is 17.4 Å². The molecule has 2 N–H and O–H groups in total. The van der Waals surface area contributed by atoms with Crippen LogP contribution in [-0.2, 0) is 0 Å².